The van der Waals surface area contributed by atoms with Crippen LogP contribution >= 0.6 is 0 Å². The molecule has 1 aliphatic rings. The number of nitrogens with one attached hydrogen (secondary N) is 1. The second kappa shape index (κ2) is 9.53. The van der Waals surface area contributed by atoms with Gasteiger partial charge in [-0.1, -0.05) is 17.3 Å². The molecular formula is C21H21F3N4O4. The maximum absolute atomic E-state index is 12.8. The molecule has 0 aliphatic carbocycles. The van der Waals surface area contributed by atoms with Crippen LogP contribution in [-0.2, 0) is 17.3 Å². The van der Waals surface area contributed by atoms with E-state index >= 15 is 0 Å². The summed E-state index contributed by atoms with van der Waals surface area (Å²) in [5.41, 5.74) is 0.803. The van der Waals surface area contributed by atoms with Gasteiger partial charge >= 0.3 is 11.9 Å². The standard InChI is InChI=1S/C21H21F3N4O4/c22-21(23,24)15-3-1-14(2-4-15)13-16-18(19-26-20(29)32-27-19)17(5-6-25-16)31-12-9-28-7-10-30-11-8-28/h1-6H,7-13H2,(H,26,27,29). The van der Waals surface area contributed by atoms with Crippen LogP contribution in [0.3, 0.4) is 0 Å². The molecule has 1 saturated heterocycles. The topological polar surface area (TPSA) is 93.5 Å². The van der Waals surface area contributed by atoms with Gasteiger partial charge in [0.05, 0.1) is 30.0 Å². The summed E-state index contributed by atoms with van der Waals surface area (Å²) >= 11 is 0. The summed E-state index contributed by atoms with van der Waals surface area (Å²) in [5, 5.41) is 3.75. The van der Waals surface area contributed by atoms with E-state index in [1.54, 1.807) is 12.3 Å². The van der Waals surface area contributed by atoms with Crippen LogP contribution in [0.15, 0.2) is 45.8 Å². The van der Waals surface area contributed by atoms with E-state index in [1.165, 1.54) is 12.1 Å². The van der Waals surface area contributed by atoms with E-state index in [-0.39, 0.29) is 12.2 Å². The molecule has 1 fully saturated rings. The van der Waals surface area contributed by atoms with Gasteiger partial charge in [0.2, 0.25) is 0 Å². The first-order chi connectivity index (χ1) is 15.4. The van der Waals surface area contributed by atoms with E-state index in [0.29, 0.717) is 48.9 Å². The van der Waals surface area contributed by atoms with Crippen molar-refractivity contribution in [1.29, 1.82) is 0 Å². The first-order valence-electron chi connectivity index (χ1n) is 10.0. The van der Waals surface area contributed by atoms with Gasteiger partial charge in [-0.05, 0) is 23.8 Å². The molecule has 32 heavy (non-hydrogen) atoms. The number of morpholine rings is 1. The molecule has 3 aromatic rings. The van der Waals surface area contributed by atoms with Crippen molar-refractivity contribution in [2.45, 2.75) is 12.6 Å². The summed E-state index contributed by atoms with van der Waals surface area (Å²) in [6.07, 6.45) is -2.65. The summed E-state index contributed by atoms with van der Waals surface area (Å²) in [4.78, 5) is 20.6. The second-order valence-corrected chi connectivity index (χ2v) is 7.25. The molecule has 4 rings (SSSR count). The van der Waals surface area contributed by atoms with E-state index in [4.69, 9.17) is 9.47 Å². The summed E-state index contributed by atoms with van der Waals surface area (Å²) in [6.45, 7) is 4.08. The van der Waals surface area contributed by atoms with Gasteiger partial charge < -0.3 is 9.47 Å². The van der Waals surface area contributed by atoms with Crippen molar-refractivity contribution in [1.82, 2.24) is 20.0 Å². The number of ether oxygens (including phenoxy) is 2. The van der Waals surface area contributed by atoms with Gasteiger partial charge in [-0.3, -0.25) is 19.4 Å². The third kappa shape index (κ3) is 5.35. The maximum Gasteiger partial charge on any atom is 0.439 e. The van der Waals surface area contributed by atoms with Gasteiger partial charge in [0, 0.05) is 32.3 Å². The van der Waals surface area contributed by atoms with Crippen molar-refractivity contribution in [2.75, 3.05) is 39.5 Å². The number of halogens is 3. The zero-order chi connectivity index (χ0) is 22.6. The number of alkyl halides is 3. The average Bonchev–Trinajstić information content (AvgIpc) is 3.20. The molecule has 8 nitrogen and oxygen atoms in total. The van der Waals surface area contributed by atoms with Crippen LogP contribution in [0, 0.1) is 0 Å². The molecule has 0 amide bonds. The molecule has 1 aromatic carbocycles. The van der Waals surface area contributed by atoms with Crippen LogP contribution in [0.5, 0.6) is 5.75 Å². The lowest BCUT2D eigenvalue weighted by molar-refractivity contribution is -0.137. The highest BCUT2D eigenvalue weighted by Gasteiger charge is 2.30. The fraction of sp³-hybridized carbons (Fsp3) is 0.381. The SMILES string of the molecule is O=c1[nH]c(-c2c(OCCN3CCOCC3)ccnc2Cc2ccc(C(F)(F)F)cc2)no1. The Balaban J connectivity index is 1.57. The van der Waals surface area contributed by atoms with Crippen LogP contribution < -0.4 is 10.5 Å². The Labute approximate surface area is 181 Å². The highest BCUT2D eigenvalue weighted by Crippen LogP contribution is 2.32. The largest absolute Gasteiger partial charge is 0.491 e. The molecule has 0 unspecified atom stereocenters. The fourth-order valence-electron chi connectivity index (χ4n) is 3.44. The summed E-state index contributed by atoms with van der Waals surface area (Å²) < 4.78 is 54.5. The lowest BCUT2D eigenvalue weighted by Crippen LogP contribution is -2.38. The normalized spacial score (nSPS) is 15.1. The molecular weight excluding hydrogens is 429 g/mol. The molecule has 3 heterocycles. The van der Waals surface area contributed by atoms with E-state index in [1.807, 2.05) is 0 Å². The Morgan fingerprint density at radius 3 is 2.53 bits per heavy atom. The minimum Gasteiger partial charge on any atom is -0.491 e. The number of nitrogens with zero attached hydrogens (tertiary/aromatic N) is 3. The number of rotatable bonds is 7. The van der Waals surface area contributed by atoms with Crippen LogP contribution in [0.4, 0.5) is 13.2 Å². The number of pyridine rings is 1. The molecule has 0 radical (unpaired) electrons. The molecule has 2 aromatic heterocycles. The summed E-state index contributed by atoms with van der Waals surface area (Å²) in [7, 11) is 0. The van der Waals surface area contributed by atoms with Gasteiger partial charge in [-0.2, -0.15) is 13.2 Å². The number of aromatic amines is 1. The minimum atomic E-state index is -4.41. The highest BCUT2D eigenvalue weighted by atomic mass is 19.4. The predicted octanol–water partition coefficient (Wildman–Crippen LogP) is 2.75. The lowest BCUT2D eigenvalue weighted by atomic mass is 10.0. The van der Waals surface area contributed by atoms with Gasteiger partial charge in [0.1, 0.15) is 12.4 Å². The first kappa shape index (κ1) is 22.0. The van der Waals surface area contributed by atoms with Crippen molar-refractivity contribution < 1.29 is 27.2 Å². The predicted molar refractivity (Wildman–Crippen MR) is 107 cm³/mol. The molecule has 11 heteroatoms. The van der Waals surface area contributed by atoms with Gasteiger partial charge in [-0.15, -0.1) is 0 Å². The molecule has 0 atom stereocenters. The Hall–Kier alpha value is -3.18. The first-order valence-corrected chi connectivity index (χ1v) is 10.0. The number of H-pyrrole nitrogens is 1. The number of aromatic nitrogens is 3. The lowest BCUT2D eigenvalue weighted by Gasteiger charge is -2.26. The molecule has 170 valence electrons. The van der Waals surface area contributed by atoms with Crippen molar-refractivity contribution in [3.05, 3.63) is 63.9 Å². The second-order valence-electron chi connectivity index (χ2n) is 7.25. The van der Waals surface area contributed by atoms with E-state index < -0.39 is 17.5 Å². The monoisotopic (exact) mass is 450 g/mol. The van der Waals surface area contributed by atoms with Crippen molar-refractivity contribution in [2.24, 2.45) is 0 Å². The Morgan fingerprint density at radius 1 is 1.12 bits per heavy atom. The Kier molecular flexibility index (Phi) is 6.56. The molecule has 0 bridgehead atoms. The van der Waals surface area contributed by atoms with E-state index in [0.717, 1.165) is 25.2 Å². The van der Waals surface area contributed by atoms with Gasteiger partial charge in [0.15, 0.2) is 5.82 Å². The summed E-state index contributed by atoms with van der Waals surface area (Å²) in [6, 6.07) is 6.49. The van der Waals surface area contributed by atoms with E-state index in [9.17, 15) is 18.0 Å². The average molecular weight is 450 g/mol. The number of hydrogen-bond donors (Lipinski definition) is 1. The highest BCUT2D eigenvalue weighted by molar-refractivity contribution is 5.66. The van der Waals surface area contributed by atoms with Crippen LogP contribution in [0.1, 0.15) is 16.8 Å². The number of hydrogen-bond acceptors (Lipinski definition) is 7. The molecule has 1 aliphatic heterocycles. The third-order valence-corrected chi connectivity index (χ3v) is 5.09. The molecule has 1 N–H and O–H groups in total. The smallest absolute Gasteiger partial charge is 0.439 e. The van der Waals surface area contributed by atoms with Crippen molar-refractivity contribution in [3.8, 4) is 17.1 Å². The quantitative estimate of drug-likeness (QED) is 0.592. The van der Waals surface area contributed by atoms with Crippen LogP contribution in [0.2, 0.25) is 0 Å². The maximum atomic E-state index is 12.8. The van der Waals surface area contributed by atoms with Crippen LogP contribution in [0.25, 0.3) is 11.4 Å². The zero-order valence-electron chi connectivity index (χ0n) is 17.0. The molecule has 0 saturated carbocycles. The van der Waals surface area contributed by atoms with Gasteiger partial charge in [-0.25, -0.2) is 4.79 Å². The van der Waals surface area contributed by atoms with E-state index in [2.05, 4.69) is 24.5 Å². The minimum absolute atomic E-state index is 0.145. The van der Waals surface area contributed by atoms with Crippen molar-refractivity contribution >= 4 is 0 Å². The molecule has 0 spiro atoms. The fourth-order valence-corrected chi connectivity index (χ4v) is 3.44. The number of benzene rings is 1. The van der Waals surface area contributed by atoms with Crippen LogP contribution in [-0.4, -0.2) is 59.5 Å². The summed E-state index contributed by atoms with van der Waals surface area (Å²) in [5.74, 6) is -0.144. The zero-order valence-corrected chi connectivity index (χ0v) is 17.0. The Morgan fingerprint density at radius 2 is 1.88 bits per heavy atom. The third-order valence-electron chi connectivity index (χ3n) is 5.09. The van der Waals surface area contributed by atoms with Gasteiger partial charge in [0.25, 0.3) is 0 Å². The van der Waals surface area contributed by atoms with Crippen molar-refractivity contribution in [3.63, 3.8) is 0 Å². The Bertz CT molecular complexity index is 1090.